The maximum Gasteiger partial charge on any atom is 0.276 e. The summed E-state index contributed by atoms with van der Waals surface area (Å²) in [5.74, 6) is 0.462. The number of anilines is 1. The molecule has 0 fully saturated rings. The quantitative estimate of drug-likeness (QED) is 0.685. The van der Waals surface area contributed by atoms with Gasteiger partial charge in [0.2, 0.25) is 11.8 Å². The van der Waals surface area contributed by atoms with Gasteiger partial charge in [0.25, 0.3) is 5.22 Å². The van der Waals surface area contributed by atoms with Crippen molar-refractivity contribution in [2.24, 2.45) is 0 Å². The van der Waals surface area contributed by atoms with Crippen LogP contribution in [-0.4, -0.2) is 21.9 Å². The first-order valence-electron chi connectivity index (χ1n) is 7.28. The summed E-state index contributed by atoms with van der Waals surface area (Å²) in [6, 6.07) is 15.1. The largest absolute Gasteiger partial charge is 0.411 e. The summed E-state index contributed by atoms with van der Waals surface area (Å²) in [7, 11) is 0. The molecule has 24 heavy (non-hydrogen) atoms. The van der Waals surface area contributed by atoms with Gasteiger partial charge in [-0.25, -0.2) is 4.39 Å². The molecule has 0 aliphatic carbocycles. The predicted molar refractivity (Wildman–Crippen MR) is 90.1 cm³/mol. The standard InChI is InChI=1S/C17H14FN3O2S/c18-13-6-8-14(9-7-13)19-15(22)10-11-24-17-21-20-16(23-17)12-4-2-1-3-5-12/h1-9H,10-11H2,(H,19,22). The average molecular weight is 343 g/mol. The first-order valence-corrected chi connectivity index (χ1v) is 8.26. The molecule has 0 unspecified atom stereocenters. The second-order valence-electron chi connectivity index (χ2n) is 4.89. The molecule has 0 saturated heterocycles. The Kier molecular flexibility index (Phi) is 5.22. The van der Waals surface area contributed by atoms with E-state index in [1.54, 1.807) is 0 Å². The zero-order chi connectivity index (χ0) is 16.8. The molecule has 0 spiro atoms. The molecule has 1 N–H and O–H groups in total. The minimum absolute atomic E-state index is 0.156. The van der Waals surface area contributed by atoms with Gasteiger partial charge in [-0.15, -0.1) is 10.2 Å². The van der Waals surface area contributed by atoms with Crippen LogP contribution in [0, 0.1) is 5.82 Å². The lowest BCUT2D eigenvalue weighted by Gasteiger charge is -2.03. The summed E-state index contributed by atoms with van der Waals surface area (Å²) in [4.78, 5) is 11.8. The number of carbonyl (C=O) groups excluding carboxylic acids is 1. The number of hydrogen-bond acceptors (Lipinski definition) is 5. The fourth-order valence-corrected chi connectivity index (χ4v) is 2.65. The normalized spacial score (nSPS) is 10.5. The van der Waals surface area contributed by atoms with E-state index < -0.39 is 0 Å². The molecule has 3 aromatic rings. The average Bonchev–Trinajstić information content (AvgIpc) is 3.07. The first-order chi connectivity index (χ1) is 11.7. The smallest absolute Gasteiger partial charge is 0.276 e. The second-order valence-corrected chi connectivity index (χ2v) is 5.94. The summed E-state index contributed by atoms with van der Waals surface area (Å²) < 4.78 is 18.4. The molecule has 1 amide bonds. The van der Waals surface area contributed by atoms with E-state index in [4.69, 9.17) is 4.42 Å². The van der Waals surface area contributed by atoms with Crippen LogP contribution < -0.4 is 5.32 Å². The summed E-state index contributed by atoms with van der Waals surface area (Å²) in [6.07, 6.45) is 0.283. The number of benzene rings is 2. The van der Waals surface area contributed by atoms with Crippen molar-refractivity contribution in [3.8, 4) is 11.5 Å². The Balaban J connectivity index is 1.47. The van der Waals surface area contributed by atoms with Crippen LogP contribution in [0.2, 0.25) is 0 Å². The minimum atomic E-state index is -0.339. The van der Waals surface area contributed by atoms with Gasteiger partial charge >= 0.3 is 0 Å². The maximum atomic E-state index is 12.8. The Labute approximate surface area is 142 Å². The van der Waals surface area contributed by atoms with Gasteiger partial charge in [-0.2, -0.15) is 0 Å². The molecule has 122 valence electrons. The van der Waals surface area contributed by atoms with Crippen LogP contribution >= 0.6 is 11.8 Å². The van der Waals surface area contributed by atoms with Gasteiger partial charge in [0.15, 0.2) is 0 Å². The monoisotopic (exact) mass is 343 g/mol. The topological polar surface area (TPSA) is 68.0 Å². The number of halogens is 1. The SMILES string of the molecule is O=C(CCSc1nnc(-c2ccccc2)o1)Nc1ccc(F)cc1. The van der Waals surface area contributed by atoms with E-state index in [-0.39, 0.29) is 18.1 Å². The van der Waals surface area contributed by atoms with Gasteiger partial charge in [-0.1, -0.05) is 30.0 Å². The predicted octanol–water partition coefficient (Wildman–Crippen LogP) is 4.00. The highest BCUT2D eigenvalue weighted by Crippen LogP contribution is 2.23. The molecule has 2 aromatic carbocycles. The molecular formula is C17H14FN3O2S. The number of amides is 1. The van der Waals surface area contributed by atoms with Gasteiger partial charge in [0, 0.05) is 23.4 Å². The number of rotatable bonds is 6. The fourth-order valence-electron chi connectivity index (χ4n) is 1.95. The van der Waals surface area contributed by atoms with Crippen molar-refractivity contribution in [3.63, 3.8) is 0 Å². The van der Waals surface area contributed by atoms with Gasteiger partial charge in [-0.05, 0) is 36.4 Å². The summed E-state index contributed by atoms with van der Waals surface area (Å²) in [6.45, 7) is 0. The van der Waals surface area contributed by atoms with Crippen LogP contribution in [-0.2, 0) is 4.79 Å². The first kappa shape index (κ1) is 16.2. The zero-order valence-electron chi connectivity index (χ0n) is 12.6. The van der Waals surface area contributed by atoms with E-state index in [9.17, 15) is 9.18 Å². The Hall–Kier alpha value is -2.67. The van der Waals surface area contributed by atoms with Crippen LogP contribution in [0.4, 0.5) is 10.1 Å². The van der Waals surface area contributed by atoms with Crippen LogP contribution in [0.25, 0.3) is 11.5 Å². The van der Waals surface area contributed by atoms with Gasteiger partial charge in [0.1, 0.15) is 5.82 Å². The van der Waals surface area contributed by atoms with Crippen molar-refractivity contribution >= 4 is 23.4 Å². The molecule has 3 rings (SSSR count). The van der Waals surface area contributed by atoms with Crippen LogP contribution in [0.5, 0.6) is 0 Å². The van der Waals surface area contributed by atoms with E-state index in [2.05, 4.69) is 15.5 Å². The summed E-state index contributed by atoms with van der Waals surface area (Å²) in [5, 5.41) is 11.1. The second kappa shape index (κ2) is 7.74. The third-order valence-corrected chi connectivity index (χ3v) is 3.93. The lowest BCUT2D eigenvalue weighted by molar-refractivity contribution is -0.115. The Morgan fingerprint density at radius 3 is 2.58 bits per heavy atom. The Morgan fingerprint density at radius 2 is 1.83 bits per heavy atom. The molecule has 1 aromatic heterocycles. The molecule has 5 nitrogen and oxygen atoms in total. The van der Waals surface area contributed by atoms with Crippen molar-refractivity contribution < 1.29 is 13.6 Å². The number of carbonyl (C=O) groups is 1. The molecule has 0 bridgehead atoms. The van der Waals surface area contributed by atoms with E-state index in [0.717, 1.165) is 5.56 Å². The van der Waals surface area contributed by atoms with Gasteiger partial charge in [0.05, 0.1) is 0 Å². The lowest BCUT2D eigenvalue weighted by atomic mass is 10.2. The number of aromatic nitrogens is 2. The molecule has 7 heteroatoms. The number of nitrogens with zero attached hydrogens (tertiary/aromatic N) is 2. The molecular weight excluding hydrogens is 329 g/mol. The molecule has 1 heterocycles. The van der Waals surface area contributed by atoms with Crippen LogP contribution in [0.3, 0.4) is 0 Å². The molecule has 0 aliphatic rings. The molecule has 0 radical (unpaired) electrons. The summed E-state index contributed by atoms with van der Waals surface area (Å²) >= 11 is 1.32. The molecule has 0 saturated carbocycles. The minimum Gasteiger partial charge on any atom is -0.411 e. The third-order valence-electron chi connectivity index (χ3n) is 3.11. The highest BCUT2D eigenvalue weighted by molar-refractivity contribution is 7.99. The van der Waals surface area contributed by atoms with Gasteiger partial charge in [-0.3, -0.25) is 4.79 Å². The van der Waals surface area contributed by atoms with Crippen molar-refractivity contribution in [1.29, 1.82) is 0 Å². The highest BCUT2D eigenvalue weighted by atomic mass is 32.2. The highest BCUT2D eigenvalue weighted by Gasteiger charge is 2.10. The van der Waals surface area contributed by atoms with Crippen molar-refractivity contribution in [2.45, 2.75) is 11.6 Å². The van der Waals surface area contributed by atoms with E-state index >= 15 is 0 Å². The van der Waals surface area contributed by atoms with Crippen molar-refractivity contribution in [1.82, 2.24) is 10.2 Å². The zero-order valence-corrected chi connectivity index (χ0v) is 13.4. The number of thioether (sulfide) groups is 1. The number of hydrogen-bond donors (Lipinski definition) is 1. The van der Waals surface area contributed by atoms with E-state index in [1.807, 2.05) is 30.3 Å². The van der Waals surface area contributed by atoms with Crippen molar-refractivity contribution in [3.05, 3.63) is 60.4 Å². The Morgan fingerprint density at radius 1 is 1.08 bits per heavy atom. The van der Waals surface area contributed by atoms with E-state index in [0.29, 0.717) is 22.6 Å². The van der Waals surface area contributed by atoms with Crippen LogP contribution in [0.15, 0.2) is 64.2 Å². The number of nitrogens with one attached hydrogen (secondary N) is 1. The fraction of sp³-hybridized carbons (Fsp3) is 0.118. The van der Waals surface area contributed by atoms with Gasteiger partial charge < -0.3 is 9.73 Å². The van der Waals surface area contributed by atoms with Crippen molar-refractivity contribution in [2.75, 3.05) is 11.1 Å². The molecule has 0 aliphatic heterocycles. The third kappa shape index (κ3) is 4.42. The van der Waals surface area contributed by atoms with E-state index in [1.165, 1.54) is 36.0 Å². The summed E-state index contributed by atoms with van der Waals surface area (Å²) in [5.41, 5.74) is 1.42. The van der Waals surface area contributed by atoms with Crippen LogP contribution in [0.1, 0.15) is 6.42 Å². The Bertz CT molecular complexity index is 806. The maximum absolute atomic E-state index is 12.8. The molecule has 0 atom stereocenters. The lowest BCUT2D eigenvalue weighted by Crippen LogP contribution is -2.12.